The fraction of sp³-hybridized carbons (Fsp3) is 0.588. The molecule has 0 aliphatic carbocycles. The lowest BCUT2D eigenvalue weighted by molar-refractivity contribution is -0.116. The van der Waals surface area contributed by atoms with Gasteiger partial charge in [0.2, 0.25) is 5.91 Å². The van der Waals surface area contributed by atoms with Gasteiger partial charge in [-0.05, 0) is 37.8 Å². The fourth-order valence-corrected chi connectivity index (χ4v) is 3.83. The van der Waals surface area contributed by atoms with Crippen LogP contribution in [-0.2, 0) is 17.9 Å². The first-order chi connectivity index (χ1) is 11.7. The molecule has 6 nitrogen and oxygen atoms in total. The summed E-state index contributed by atoms with van der Waals surface area (Å²) in [4.78, 5) is 19.0. The highest BCUT2D eigenvalue weighted by Crippen LogP contribution is 2.21. The van der Waals surface area contributed by atoms with Gasteiger partial charge < -0.3 is 5.32 Å². The van der Waals surface area contributed by atoms with E-state index in [1.54, 1.807) is 6.20 Å². The summed E-state index contributed by atoms with van der Waals surface area (Å²) in [6, 6.07) is 1.89. The maximum atomic E-state index is 12.0. The molecule has 2 aromatic heterocycles. The van der Waals surface area contributed by atoms with Gasteiger partial charge >= 0.3 is 0 Å². The number of piperidine rings is 1. The van der Waals surface area contributed by atoms with E-state index in [0.717, 1.165) is 44.2 Å². The van der Waals surface area contributed by atoms with E-state index < -0.39 is 0 Å². The van der Waals surface area contributed by atoms with Gasteiger partial charge in [-0.15, -0.1) is 11.3 Å². The molecule has 1 fully saturated rings. The lowest BCUT2D eigenvalue weighted by Gasteiger charge is -2.30. The van der Waals surface area contributed by atoms with Crippen molar-refractivity contribution in [3.05, 3.63) is 29.5 Å². The molecule has 7 heteroatoms. The molecule has 1 aliphatic rings. The molecule has 3 heterocycles. The summed E-state index contributed by atoms with van der Waals surface area (Å²) in [5.41, 5.74) is 1.06. The zero-order valence-electron chi connectivity index (χ0n) is 14.1. The second kappa shape index (κ2) is 8.39. The topological polar surface area (TPSA) is 63.1 Å². The van der Waals surface area contributed by atoms with Crippen molar-refractivity contribution in [3.8, 4) is 0 Å². The number of likely N-dealkylation sites (tertiary alicyclic amines) is 1. The van der Waals surface area contributed by atoms with E-state index in [-0.39, 0.29) is 5.91 Å². The van der Waals surface area contributed by atoms with Crippen LogP contribution in [0.2, 0.25) is 0 Å². The number of carbonyl (C=O) groups excluding carboxylic acids is 1. The first-order valence-corrected chi connectivity index (χ1v) is 9.51. The summed E-state index contributed by atoms with van der Waals surface area (Å²) in [7, 11) is 0. The van der Waals surface area contributed by atoms with Crippen molar-refractivity contribution in [3.63, 3.8) is 0 Å². The third-order valence-electron chi connectivity index (χ3n) is 4.28. The molecule has 2 aromatic rings. The summed E-state index contributed by atoms with van der Waals surface area (Å²) in [5.74, 6) is 0.793. The number of hydrogen-bond donors (Lipinski definition) is 1. The molecule has 3 rings (SSSR count). The molecule has 1 saturated heterocycles. The van der Waals surface area contributed by atoms with Crippen LogP contribution in [0, 0.1) is 5.92 Å². The molecule has 0 saturated carbocycles. The highest BCUT2D eigenvalue weighted by molar-refractivity contribution is 7.13. The van der Waals surface area contributed by atoms with Crippen molar-refractivity contribution in [2.24, 2.45) is 5.92 Å². The molecule has 130 valence electrons. The van der Waals surface area contributed by atoms with Crippen LogP contribution in [0.5, 0.6) is 0 Å². The van der Waals surface area contributed by atoms with Crippen LogP contribution >= 0.6 is 11.3 Å². The molecule has 0 bridgehead atoms. The van der Waals surface area contributed by atoms with Gasteiger partial charge in [0.15, 0.2) is 5.13 Å². The average molecular weight is 347 g/mol. The van der Waals surface area contributed by atoms with E-state index >= 15 is 0 Å². The van der Waals surface area contributed by atoms with Crippen LogP contribution in [0.1, 0.15) is 38.3 Å². The van der Waals surface area contributed by atoms with Gasteiger partial charge in [-0.25, -0.2) is 4.98 Å². The van der Waals surface area contributed by atoms with Crippen molar-refractivity contribution in [2.75, 3.05) is 18.4 Å². The summed E-state index contributed by atoms with van der Waals surface area (Å²) in [6.07, 6.45) is 7.51. The van der Waals surface area contributed by atoms with Crippen LogP contribution in [0.15, 0.2) is 23.8 Å². The molecule has 0 spiro atoms. The lowest BCUT2D eigenvalue weighted by atomic mass is 10.0. The van der Waals surface area contributed by atoms with Crippen LogP contribution < -0.4 is 5.32 Å². The third-order valence-corrected chi connectivity index (χ3v) is 5.08. The predicted octanol–water partition coefficient (Wildman–Crippen LogP) is 2.99. The molecule has 1 aliphatic heterocycles. The largest absolute Gasteiger partial charge is 0.302 e. The first kappa shape index (κ1) is 17.1. The number of anilines is 1. The van der Waals surface area contributed by atoms with E-state index in [9.17, 15) is 4.79 Å². The SMILES string of the molecule is C[C@H]1CCCN(Cc2csc(NC(=O)CCCn3cccn3)n2)C1. The Hall–Kier alpha value is -1.73. The van der Waals surface area contributed by atoms with Crippen molar-refractivity contribution < 1.29 is 4.79 Å². The quantitative estimate of drug-likeness (QED) is 0.836. The second-order valence-electron chi connectivity index (χ2n) is 6.55. The zero-order chi connectivity index (χ0) is 16.8. The zero-order valence-corrected chi connectivity index (χ0v) is 15.0. The van der Waals surface area contributed by atoms with E-state index in [2.05, 4.69) is 32.6 Å². The van der Waals surface area contributed by atoms with Gasteiger partial charge in [-0.3, -0.25) is 14.4 Å². The number of aromatic nitrogens is 3. The molecule has 0 radical (unpaired) electrons. The smallest absolute Gasteiger partial charge is 0.226 e. The molecule has 0 aromatic carbocycles. The van der Waals surface area contributed by atoms with Crippen molar-refractivity contribution in [1.82, 2.24) is 19.7 Å². The average Bonchev–Trinajstić information content (AvgIpc) is 3.20. The van der Waals surface area contributed by atoms with Gasteiger partial charge in [0, 0.05) is 43.8 Å². The Morgan fingerprint density at radius 3 is 3.21 bits per heavy atom. The second-order valence-corrected chi connectivity index (χ2v) is 7.41. The summed E-state index contributed by atoms with van der Waals surface area (Å²) in [5, 5.41) is 9.80. The number of nitrogens with zero attached hydrogens (tertiary/aromatic N) is 4. The van der Waals surface area contributed by atoms with Crippen molar-refractivity contribution >= 4 is 22.4 Å². The van der Waals surface area contributed by atoms with E-state index in [1.807, 2.05) is 16.9 Å². The Balaban J connectivity index is 1.40. The van der Waals surface area contributed by atoms with Gasteiger partial charge in [0.1, 0.15) is 0 Å². The van der Waals surface area contributed by atoms with Crippen molar-refractivity contribution in [2.45, 2.75) is 45.7 Å². The minimum atomic E-state index is 0.0228. The molecule has 0 unspecified atom stereocenters. The Morgan fingerprint density at radius 2 is 2.42 bits per heavy atom. The number of amides is 1. The molecule has 24 heavy (non-hydrogen) atoms. The number of carbonyl (C=O) groups is 1. The standard InChI is InChI=1S/C17H25N5OS/c1-14-5-2-8-21(11-14)12-15-13-24-17(19-15)20-16(23)6-3-9-22-10-4-7-18-22/h4,7,10,13-14H,2-3,5-6,8-9,11-12H2,1H3,(H,19,20,23)/t14-/m0/s1. The summed E-state index contributed by atoms with van der Waals surface area (Å²) < 4.78 is 1.84. The van der Waals surface area contributed by atoms with Gasteiger partial charge in [0.05, 0.1) is 5.69 Å². The number of aryl methyl sites for hydroxylation is 1. The Bertz CT molecular complexity index is 639. The molecular weight excluding hydrogens is 322 g/mol. The molecule has 1 N–H and O–H groups in total. The van der Waals surface area contributed by atoms with Gasteiger partial charge in [0.25, 0.3) is 0 Å². The number of hydrogen-bond acceptors (Lipinski definition) is 5. The predicted molar refractivity (Wildman–Crippen MR) is 95.9 cm³/mol. The maximum Gasteiger partial charge on any atom is 0.226 e. The highest BCUT2D eigenvalue weighted by Gasteiger charge is 2.17. The van der Waals surface area contributed by atoms with Crippen LogP contribution in [0.25, 0.3) is 0 Å². The summed E-state index contributed by atoms with van der Waals surface area (Å²) in [6.45, 7) is 6.25. The van der Waals surface area contributed by atoms with Crippen LogP contribution in [-0.4, -0.2) is 38.7 Å². The highest BCUT2D eigenvalue weighted by atomic mass is 32.1. The molecule has 1 amide bonds. The summed E-state index contributed by atoms with van der Waals surface area (Å²) >= 11 is 1.51. The van der Waals surface area contributed by atoms with Gasteiger partial charge in [-0.2, -0.15) is 5.10 Å². The van der Waals surface area contributed by atoms with Crippen LogP contribution in [0.3, 0.4) is 0 Å². The van der Waals surface area contributed by atoms with Crippen LogP contribution in [0.4, 0.5) is 5.13 Å². The molecule has 1 atom stereocenters. The minimum absolute atomic E-state index is 0.0228. The number of rotatable bonds is 7. The minimum Gasteiger partial charge on any atom is -0.302 e. The monoisotopic (exact) mass is 347 g/mol. The third kappa shape index (κ3) is 5.14. The fourth-order valence-electron chi connectivity index (χ4n) is 3.11. The molecular formula is C17H25N5OS. The van der Waals surface area contributed by atoms with E-state index in [4.69, 9.17) is 0 Å². The van der Waals surface area contributed by atoms with Crippen molar-refractivity contribution in [1.29, 1.82) is 0 Å². The maximum absolute atomic E-state index is 12.0. The lowest BCUT2D eigenvalue weighted by Crippen LogP contribution is -2.33. The Morgan fingerprint density at radius 1 is 1.50 bits per heavy atom. The van der Waals surface area contributed by atoms with Gasteiger partial charge in [-0.1, -0.05) is 6.92 Å². The van der Waals surface area contributed by atoms with E-state index in [1.165, 1.54) is 24.2 Å². The number of nitrogens with one attached hydrogen (secondary N) is 1. The normalized spacial score (nSPS) is 18.6. The Kier molecular flexibility index (Phi) is 5.98. The van der Waals surface area contributed by atoms with E-state index in [0.29, 0.717) is 11.6 Å². The number of thiazole rings is 1. The Labute approximate surface area is 146 Å². The first-order valence-electron chi connectivity index (χ1n) is 8.63.